The van der Waals surface area contributed by atoms with Crippen LogP contribution in [0.4, 0.5) is 0 Å². The summed E-state index contributed by atoms with van der Waals surface area (Å²) < 4.78 is 0. The van der Waals surface area contributed by atoms with E-state index in [-0.39, 0.29) is 24.5 Å². The van der Waals surface area contributed by atoms with Gasteiger partial charge in [-0.25, -0.2) is 0 Å². The summed E-state index contributed by atoms with van der Waals surface area (Å²) in [6, 6.07) is 0.141. The van der Waals surface area contributed by atoms with Gasteiger partial charge >= 0.3 is 0 Å². The van der Waals surface area contributed by atoms with Crippen LogP contribution < -0.4 is 5.32 Å². The monoisotopic (exact) mass is 338 g/mol. The van der Waals surface area contributed by atoms with Crippen LogP contribution in [0.2, 0.25) is 0 Å². The van der Waals surface area contributed by atoms with Gasteiger partial charge in [-0.15, -0.1) is 0 Å². The minimum absolute atomic E-state index is 0.132. The zero-order chi connectivity index (χ0) is 17.4. The number of carbonyl (C=O) groups is 2. The highest BCUT2D eigenvalue weighted by molar-refractivity contribution is 5.76. The Morgan fingerprint density at radius 1 is 1.12 bits per heavy atom. The molecule has 0 spiro atoms. The Morgan fingerprint density at radius 2 is 1.79 bits per heavy atom. The van der Waals surface area contributed by atoms with Crippen molar-refractivity contribution >= 4 is 11.8 Å². The lowest BCUT2D eigenvalue weighted by molar-refractivity contribution is -0.130. The van der Waals surface area contributed by atoms with Crippen molar-refractivity contribution in [3.8, 4) is 0 Å². The fraction of sp³-hybridized carbons (Fsp3) is 0.895. The third kappa shape index (κ3) is 6.08. The third-order valence-corrected chi connectivity index (χ3v) is 5.84. The summed E-state index contributed by atoms with van der Waals surface area (Å²) >= 11 is 0. The minimum atomic E-state index is 0.132. The highest BCUT2D eigenvalue weighted by Gasteiger charge is 2.25. The van der Waals surface area contributed by atoms with E-state index in [1.165, 1.54) is 32.1 Å². The van der Waals surface area contributed by atoms with E-state index in [0.29, 0.717) is 24.7 Å². The van der Waals surface area contributed by atoms with Crippen LogP contribution in [0.25, 0.3) is 0 Å². The summed E-state index contributed by atoms with van der Waals surface area (Å²) in [6.45, 7) is 3.43. The fourth-order valence-electron chi connectivity index (χ4n) is 4.25. The van der Waals surface area contributed by atoms with Gasteiger partial charge in [0.1, 0.15) is 0 Å². The molecule has 0 radical (unpaired) electrons. The molecule has 2 aliphatic rings. The molecule has 1 aliphatic carbocycles. The molecule has 2 amide bonds. The molecule has 24 heavy (non-hydrogen) atoms. The number of nitrogens with zero attached hydrogens (tertiary/aromatic N) is 1. The highest BCUT2D eigenvalue weighted by Crippen LogP contribution is 2.28. The maximum absolute atomic E-state index is 12.3. The number of likely N-dealkylation sites (tertiary alicyclic amines) is 1. The van der Waals surface area contributed by atoms with Gasteiger partial charge in [0.15, 0.2) is 0 Å². The van der Waals surface area contributed by atoms with E-state index < -0.39 is 0 Å². The number of aliphatic hydroxyl groups excluding tert-OH is 1. The van der Waals surface area contributed by atoms with Crippen molar-refractivity contribution in [1.82, 2.24) is 10.2 Å². The summed E-state index contributed by atoms with van der Waals surface area (Å²) in [5, 5.41) is 12.5. The maximum atomic E-state index is 12.3. The number of aliphatic hydroxyl groups is 1. The molecule has 1 unspecified atom stereocenters. The topological polar surface area (TPSA) is 69.6 Å². The van der Waals surface area contributed by atoms with Crippen LogP contribution in [0.3, 0.4) is 0 Å². The minimum Gasteiger partial charge on any atom is -0.396 e. The van der Waals surface area contributed by atoms with Crippen molar-refractivity contribution in [2.75, 3.05) is 19.7 Å². The van der Waals surface area contributed by atoms with Crippen LogP contribution >= 0.6 is 0 Å². The Balaban J connectivity index is 1.70. The first-order chi connectivity index (χ1) is 11.6. The highest BCUT2D eigenvalue weighted by atomic mass is 16.3. The van der Waals surface area contributed by atoms with E-state index in [0.717, 1.165) is 32.4 Å². The average Bonchev–Trinajstić information content (AvgIpc) is 2.60. The van der Waals surface area contributed by atoms with E-state index in [1.807, 2.05) is 4.90 Å². The lowest BCUT2D eigenvalue weighted by Gasteiger charge is -2.32. The molecular weight excluding hydrogens is 304 g/mol. The van der Waals surface area contributed by atoms with Gasteiger partial charge in [-0.1, -0.05) is 19.3 Å². The molecule has 0 aromatic carbocycles. The number of piperidine rings is 1. The van der Waals surface area contributed by atoms with Gasteiger partial charge in [0.05, 0.1) is 0 Å². The summed E-state index contributed by atoms with van der Waals surface area (Å²) in [7, 11) is 0. The van der Waals surface area contributed by atoms with Crippen molar-refractivity contribution in [2.24, 2.45) is 11.8 Å². The van der Waals surface area contributed by atoms with E-state index in [1.54, 1.807) is 6.92 Å². The van der Waals surface area contributed by atoms with Gasteiger partial charge in [0.25, 0.3) is 0 Å². The standard InChI is InChI=1S/C19H34N2O3/c1-15(23)21-12-9-16(10-13-21)7-8-19(24)20-18(11-14-22)17-5-3-2-4-6-17/h16-18,22H,2-14H2,1H3,(H,20,24). The molecule has 1 saturated heterocycles. The van der Waals surface area contributed by atoms with Crippen molar-refractivity contribution in [3.63, 3.8) is 0 Å². The molecule has 138 valence electrons. The zero-order valence-corrected chi connectivity index (χ0v) is 15.1. The van der Waals surface area contributed by atoms with E-state index in [9.17, 15) is 14.7 Å². The molecule has 0 aromatic rings. The number of amides is 2. The van der Waals surface area contributed by atoms with Gasteiger partial charge in [0, 0.05) is 39.1 Å². The van der Waals surface area contributed by atoms with Crippen LogP contribution in [0.1, 0.15) is 71.1 Å². The van der Waals surface area contributed by atoms with Gasteiger partial charge in [0.2, 0.25) is 11.8 Å². The second kappa shape index (κ2) is 10.0. The van der Waals surface area contributed by atoms with Crippen LogP contribution in [-0.4, -0.2) is 47.6 Å². The van der Waals surface area contributed by atoms with Gasteiger partial charge in [-0.2, -0.15) is 0 Å². The molecule has 2 rings (SSSR count). The molecule has 0 bridgehead atoms. The first-order valence-electron chi connectivity index (χ1n) is 9.76. The summed E-state index contributed by atoms with van der Waals surface area (Å²) in [5.74, 6) is 1.38. The molecule has 1 atom stereocenters. The van der Waals surface area contributed by atoms with Gasteiger partial charge in [-0.3, -0.25) is 9.59 Å². The molecular formula is C19H34N2O3. The quantitative estimate of drug-likeness (QED) is 0.749. The second-order valence-electron chi connectivity index (χ2n) is 7.57. The molecule has 5 heteroatoms. The normalized spacial score (nSPS) is 21.5. The van der Waals surface area contributed by atoms with E-state index in [2.05, 4.69) is 5.32 Å². The number of hydrogen-bond acceptors (Lipinski definition) is 3. The van der Waals surface area contributed by atoms with E-state index in [4.69, 9.17) is 0 Å². The smallest absolute Gasteiger partial charge is 0.220 e. The van der Waals surface area contributed by atoms with Crippen molar-refractivity contribution in [1.29, 1.82) is 0 Å². The molecule has 1 aliphatic heterocycles. The third-order valence-electron chi connectivity index (χ3n) is 5.84. The molecule has 1 heterocycles. The molecule has 1 saturated carbocycles. The van der Waals surface area contributed by atoms with Crippen LogP contribution in [-0.2, 0) is 9.59 Å². The molecule has 0 aromatic heterocycles. The summed E-state index contributed by atoms with van der Waals surface area (Å²) in [4.78, 5) is 25.6. The zero-order valence-electron chi connectivity index (χ0n) is 15.1. The molecule has 5 nitrogen and oxygen atoms in total. The first kappa shape index (κ1) is 19.2. The number of carbonyl (C=O) groups excluding carboxylic acids is 2. The summed E-state index contributed by atoms with van der Waals surface area (Å²) in [6.07, 6.45) is 10.3. The predicted molar refractivity (Wildman–Crippen MR) is 94.4 cm³/mol. The number of nitrogens with one attached hydrogen (secondary N) is 1. The van der Waals surface area contributed by atoms with Crippen LogP contribution in [0.5, 0.6) is 0 Å². The number of hydrogen-bond donors (Lipinski definition) is 2. The van der Waals surface area contributed by atoms with Crippen LogP contribution in [0.15, 0.2) is 0 Å². The Hall–Kier alpha value is -1.10. The van der Waals surface area contributed by atoms with Crippen LogP contribution in [0, 0.1) is 11.8 Å². The Bertz CT molecular complexity index is 399. The van der Waals surface area contributed by atoms with Crippen molar-refractivity contribution in [2.45, 2.75) is 77.2 Å². The SMILES string of the molecule is CC(=O)N1CCC(CCC(=O)NC(CCO)C2CCCCC2)CC1. The largest absolute Gasteiger partial charge is 0.396 e. The second-order valence-corrected chi connectivity index (χ2v) is 7.57. The molecule has 2 fully saturated rings. The lowest BCUT2D eigenvalue weighted by Crippen LogP contribution is -2.42. The molecule has 2 N–H and O–H groups in total. The van der Waals surface area contributed by atoms with Crippen molar-refractivity contribution < 1.29 is 14.7 Å². The Labute approximate surface area is 146 Å². The van der Waals surface area contributed by atoms with E-state index >= 15 is 0 Å². The first-order valence-corrected chi connectivity index (χ1v) is 9.76. The van der Waals surface area contributed by atoms with Gasteiger partial charge < -0.3 is 15.3 Å². The summed E-state index contributed by atoms with van der Waals surface area (Å²) in [5.41, 5.74) is 0. The Morgan fingerprint density at radius 3 is 2.38 bits per heavy atom. The fourth-order valence-corrected chi connectivity index (χ4v) is 4.25. The average molecular weight is 338 g/mol. The predicted octanol–water partition coefficient (Wildman–Crippen LogP) is 2.47. The van der Waals surface area contributed by atoms with Gasteiger partial charge in [-0.05, 0) is 50.4 Å². The lowest BCUT2D eigenvalue weighted by atomic mass is 9.82. The van der Waals surface area contributed by atoms with Crippen molar-refractivity contribution in [3.05, 3.63) is 0 Å². The Kier molecular flexibility index (Phi) is 8.03. The maximum Gasteiger partial charge on any atom is 0.220 e. The number of rotatable bonds is 7.